The molecule has 4 aromatic rings. The van der Waals surface area contributed by atoms with Crippen molar-refractivity contribution in [2.75, 3.05) is 6.61 Å². The number of benzene rings is 2. The van der Waals surface area contributed by atoms with Gasteiger partial charge in [0.2, 0.25) is 11.8 Å². The number of aromatic nitrogens is 3. The summed E-state index contributed by atoms with van der Waals surface area (Å²) in [6.07, 6.45) is 2.72. The summed E-state index contributed by atoms with van der Waals surface area (Å²) >= 11 is 0. The van der Waals surface area contributed by atoms with Crippen LogP contribution >= 0.6 is 0 Å². The topological polar surface area (TPSA) is 88.6 Å². The zero-order valence-electron chi connectivity index (χ0n) is 21.8. The monoisotopic (exact) mass is 503 g/mol. The summed E-state index contributed by atoms with van der Waals surface area (Å²) in [6, 6.07) is 17.7. The average Bonchev–Trinajstić information content (AvgIpc) is 3.44. The number of carbonyl (C=O) groups is 1. The number of esters is 1. The number of carbonyl (C=O) groups excluding carboxylic acids is 1. The lowest BCUT2D eigenvalue weighted by molar-refractivity contribution is -0.143. The minimum absolute atomic E-state index is 0.0155. The Labute approximate surface area is 217 Å². The fourth-order valence-electron chi connectivity index (χ4n) is 3.79. The van der Waals surface area contributed by atoms with Crippen molar-refractivity contribution < 1.29 is 23.4 Å². The quantitative estimate of drug-likeness (QED) is 0.227. The Morgan fingerprint density at radius 1 is 1.08 bits per heavy atom. The van der Waals surface area contributed by atoms with E-state index in [-0.39, 0.29) is 18.5 Å². The molecule has 0 aliphatic heterocycles. The Morgan fingerprint density at radius 2 is 1.84 bits per heavy atom. The molecular weight excluding hydrogens is 470 g/mol. The van der Waals surface area contributed by atoms with Crippen LogP contribution in [0.25, 0.3) is 11.5 Å². The number of aryl methyl sites for hydroxylation is 2. The van der Waals surface area contributed by atoms with Crippen LogP contribution in [0.3, 0.4) is 0 Å². The summed E-state index contributed by atoms with van der Waals surface area (Å²) in [6.45, 7) is 8.86. The van der Waals surface area contributed by atoms with Gasteiger partial charge in [0.25, 0.3) is 0 Å². The summed E-state index contributed by atoms with van der Waals surface area (Å²) in [4.78, 5) is 16.4. The first-order valence-electron chi connectivity index (χ1n) is 12.5. The zero-order chi connectivity index (χ0) is 26.2. The summed E-state index contributed by atoms with van der Waals surface area (Å²) in [7, 11) is 0. The van der Waals surface area contributed by atoms with Crippen molar-refractivity contribution in [3.05, 3.63) is 83.4 Å². The summed E-state index contributed by atoms with van der Waals surface area (Å²) in [5.41, 5.74) is 3.66. The Hall–Kier alpha value is -4.07. The molecule has 0 unspecified atom stereocenters. The fraction of sp³-hybridized carbons (Fsp3) is 0.345. The van der Waals surface area contributed by atoms with Crippen LogP contribution in [0.2, 0.25) is 0 Å². The van der Waals surface area contributed by atoms with Gasteiger partial charge in [0.15, 0.2) is 0 Å². The van der Waals surface area contributed by atoms with Crippen molar-refractivity contribution in [1.82, 2.24) is 14.8 Å². The maximum Gasteiger partial charge on any atom is 0.306 e. The van der Waals surface area contributed by atoms with E-state index in [0.29, 0.717) is 38.0 Å². The van der Waals surface area contributed by atoms with Gasteiger partial charge in [-0.25, -0.2) is 4.98 Å². The summed E-state index contributed by atoms with van der Waals surface area (Å²) < 4.78 is 24.5. The Balaban J connectivity index is 1.37. The van der Waals surface area contributed by atoms with Gasteiger partial charge >= 0.3 is 5.97 Å². The van der Waals surface area contributed by atoms with Crippen LogP contribution in [0.15, 0.2) is 65.2 Å². The van der Waals surface area contributed by atoms with Gasteiger partial charge in [0, 0.05) is 23.7 Å². The van der Waals surface area contributed by atoms with Crippen LogP contribution in [-0.4, -0.2) is 33.4 Å². The normalized spacial score (nSPS) is 11.1. The highest BCUT2D eigenvalue weighted by molar-refractivity contribution is 5.69. The van der Waals surface area contributed by atoms with Gasteiger partial charge in [-0.1, -0.05) is 30.3 Å². The first-order valence-corrected chi connectivity index (χ1v) is 12.5. The SMILES string of the molecule is CCOC(=O)CCc1cn(Cc2ccc(OCc3nc(-c4ccccc4)oc3C)cc2)nc1OC(C)C. The van der Waals surface area contributed by atoms with E-state index < -0.39 is 0 Å². The van der Waals surface area contributed by atoms with Gasteiger partial charge in [0.1, 0.15) is 23.8 Å². The van der Waals surface area contributed by atoms with E-state index in [0.717, 1.165) is 33.9 Å². The van der Waals surface area contributed by atoms with E-state index in [1.165, 1.54) is 0 Å². The first kappa shape index (κ1) is 26.0. The molecule has 0 fully saturated rings. The molecule has 8 heteroatoms. The molecule has 0 N–H and O–H groups in total. The van der Waals surface area contributed by atoms with Crippen molar-refractivity contribution in [3.63, 3.8) is 0 Å². The van der Waals surface area contributed by atoms with E-state index >= 15 is 0 Å². The Morgan fingerprint density at radius 3 is 2.54 bits per heavy atom. The molecule has 0 radical (unpaired) electrons. The fourth-order valence-corrected chi connectivity index (χ4v) is 3.79. The third kappa shape index (κ3) is 7.22. The lowest BCUT2D eigenvalue weighted by Gasteiger charge is -2.08. The van der Waals surface area contributed by atoms with Crippen LogP contribution in [0, 0.1) is 6.92 Å². The van der Waals surface area contributed by atoms with Crippen molar-refractivity contribution in [2.45, 2.75) is 59.8 Å². The highest BCUT2D eigenvalue weighted by atomic mass is 16.5. The third-order valence-electron chi connectivity index (χ3n) is 5.61. The summed E-state index contributed by atoms with van der Waals surface area (Å²) in [5, 5.41) is 4.60. The third-order valence-corrected chi connectivity index (χ3v) is 5.61. The molecule has 2 aromatic carbocycles. The molecule has 0 atom stereocenters. The number of oxazole rings is 1. The van der Waals surface area contributed by atoms with Gasteiger partial charge in [-0.2, -0.15) is 0 Å². The average molecular weight is 504 g/mol. The molecule has 0 bridgehead atoms. The van der Waals surface area contributed by atoms with E-state index in [9.17, 15) is 4.79 Å². The second-order valence-corrected chi connectivity index (χ2v) is 8.95. The highest BCUT2D eigenvalue weighted by Crippen LogP contribution is 2.24. The molecule has 0 aliphatic rings. The molecule has 0 amide bonds. The van der Waals surface area contributed by atoms with Crippen molar-refractivity contribution in [2.24, 2.45) is 0 Å². The molecule has 0 saturated heterocycles. The van der Waals surface area contributed by atoms with Gasteiger partial charge in [-0.15, -0.1) is 5.10 Å². The minimum atomic E-state index is -0.224. The standard InChI is InChI=1S/C29H33N3O5/c1-5-34-27(33)16-13-24-18-32(31-29(24)36-20(2)3)17-22-11-14-25(15-12-22)35-19-26-21(4)37-28(30-26)23-9-7-6-8-10-23/h6-12,14-15,18,20H,5,13,16-17,19H2,1-4H3. The number of ether oxygens (including phenoxy) is 3. The maximum absolute atomic E-state index is 11.8. The predicted molar refractivity (Wildman–Crippen MR) is 139 cm³/mol. The van der Waals surface area contributed by atoms with Crippen LogP contribution in [0.1, 0.15) is 49.8 Å². The maximum atomic E-state index is 11.8. The van der Waals surface area contributed by atoms with E-state index in [1.807, 2.05) is 86.2 Å². The molecule has 194 valence electrons. The van der Waals surface area contributed by atoms with Crippen LogP contribution in [0.4, 0.5) is 0 Å². The number of hydrogen-bond acceptors (Lipinski definition) is 7. The highest BCUT2D eigenvalue weighted by Gasteiger charge is 2.15. The Kier molecular flexibility index (Phi) is 8.61. The minimum Gasteiger partial charge on any atom is -0.487 e. The van der Waals surface area contributed by atoms with E-state index in [2.05, 4.69) is 10.1 Å². The molecule has 2 aromatic heterocycles. The molecule has 37 heavy (non-hydrogen) atoms. The van der Waals surface area contributed by atoms with Gasteiger partial charge in [-0.3, -0.25) is 9.48 Å². The molecule has 8 nitrogen and oxygen atoms in total. The van der Waals surface area contributed by atoms with Gasteiger partial charge in [0.05, 0.1) is 19.3 Å². The van der Waals surface area contributed by atoms with Gasteiger partial charge < -0.3 is 18.6 Å². The molecule has 0 spiro atoms. The Bertz CT molecular complexity index is 1290. The lowest BCUT2D eigenvalue weighted by Crippen LogP contribution is -2.09. The molecule has 0 aliphatic carbocycles. The van der Waals surface area contributed by atoms with Crippen LogP contribution in [0.5, 0.6) is 11.6 Å². The molecule has 0 saturated carbocycles. The predicted octanol–water partition coefficient (Wildman–Crippen LogP) is 5.76. The largest absolute Gasteiger partial charge is 0.487 e. The lowest BCUT2D eigenvalue weighted by atomic mass is 10.2. The number of rotatable bonds is 12. The first-order chi connectivity index (χ1) is 17.9. The van der Waals surface area contributed by atoms with E-state index in [1.54, 1.807) is 6.92 Å². The molecular formula is C29H33N3O5. The van der Waals surface area contributed by atoms with Crippen molar-refractivity contribution >= 4 is 5.97 Å². The number of hydrogen-bond donors (Lipinski definition) is 0. The van der Waals surface area contributed by atoms with Crippen LogP contribution < -0.4 is 9.47 Å². The second kappa shape index (κ2) is 12.3. The van der Waals surface area contributed by atoms with Crippen LogP contribution in [-0.2, 0) is 29.1 Å². The number of nitrogens with zero attached hydrogens (tertiary/aromatic N) is 3. The summed E-state index contributed by atoms with van der Waals surface area (Å²) in [5.74, 6) is 2.41. The zero-order valence-corrected chi connectivity index (χ0v) is 21.8. The second-order valence-electron chi connectivity index (χ2n) is 8.95. The van der Waals surface area contributed by atoms with Crippen molar-refractivity contribution in [3.8, 4) is 23.1 Å². The van der Waals surface area contributed by atoms with E-state index in [4.69, 9.17) is 18.6 Å². The molecule has 4 rings (SSSR count). The molecule has 2 heterocycles. The van der Waals surface area contributed by atoms with Gasteiger partial charge in [-0.05, 0) is 63.9 Å². The van der Waals surface area contributed by atoms with Crippen molar-refractivity contribution in [1.29, 1.82) is 0 Å². The smallest absolute Gasteiger partial charge is 0.306 e.